The highest BCUT2D eigenvalue weighted by molar-refractivity contribution is 6.08. The molecule has 0 saturated carbocycles. The molecule has 0 aliphatic heterocycles. The molecule has 8 heteroatoms. The van der Waals surface area contributed by atoms with Crippen molar-refractivity contribution in [3.05, 3.63) is 94.8 Å². The van der Waals surface area contributed by atoms with Crippen molar-refractivity contribution in [2.75, 3.05) is 0 Å². The lowest BCUT2D eigenvalue weighted by Crippen LogP contribution is -2.00. The number of carboxylic acids is 1. The second-order valence-corrected chi connectivity index (χ2v) is 7.37. The molecule has 0 fully saturated rings. The van der Waals surface area contributed by atoms with Gasteiger partial charge in [-0.05, 0) is 33.7 Å². The first kappa shape index (κ1) is 22.7. The summed E-state index contributed by atoms with van der Waals surface area (Å²) >= 11 is 0. The Morgan fingerprint density at radius 2 is 1.31 bits per heavy atom. The number of carbonyl (C=O) groups is 1. The van der Waals surface area contributed by atoms with E-state index in [2.05, 4.69) is 9.98 Å². The Kier molecular flexibility index (Phi) is 6.21. The molecular weight excluding hydrogens is 444 g/mol. The Balaban J connectivity index is 1.81. The van der Waals surface area contributed by atoms with Crippen LogP contribution >= 0.6 is 0 Å². The molecule has 0 atom stereocenters. The van der Waals surface area contributed by atoms with Crippen molar-refractivity contribution in [1.82, 2.24) is 0 Å². The number of aliphatic imine (C=N–C) groups is 2. The fourth-order valence-corrected chi connectivity index (χ4v) is 3.62. The fourth-order valence-electron chi connectivity index (χ4n) is 3.62. The molecule has 0 aliphatic carbocycles. The number of hydrogen-bond acceptors (Lipinski definition) is 7. The average molecular weight is 460 g/mol. The molecular formula is C27H16N4O4. The van der Waals surface area contributed by atoms with Gasteiger partial charge in [-0.3, -0.25) is 0 Å². The summed E-state index contributed by atoms with van der Waals surface area (Å²) in [6.07, 6.45) is 2.41. The minimum Gasteiger partial charge on any atom is -0.507 e. The Morgan fingerprint density at radius 3 is 1.91 bits per heavy atom. The Labute approximate surface area is 199 Å². The van der Waals surface area contributed by atoms with E-state index in [1.54, 1.807) is 48.5 Å². The maximum atomic E-state index is 11.6. The van der Waals surface area contributed by atoms with Gasteiger partial charge in [0.1, 0.15) is 29.2 Å². The highest BCUT2D eigenvalue weighted by Gasteiger charge is 2.16. The van der Waals surface area contributed by atoms with Crippen LogP contribution in [0.5, 0.6) is 11.5 Å². The van der Waals surface area contributed by atoms with Crippen LogP contribution in [0.25, 0.3) is 21.5 Å². The van der Waals surface area contributed by atoms with Gasteiger partial charge in [0, 0.05) is 23.6 Å². The van der Waals surface area contributed by atoms with Crippen LogP contribution in [0, 0.1) is 22.7 Å². The van der Waals surface area contributed by atoms with Crippen LogP contribution < -0.4 is 0 Å². The molecule has 0 spiro atoms. The maximum absolute atomic E-state index is 11.6. The molecule has 4 aromatic rings. The number of hydrogen-bond donors (Lipinski definition) is 3. The Morgan fingerprint density at radius 1 is 0.771 bits per heavy atom. The van der Waals surface area contributed by atoms with E-state index in [1.165, 1.54) is 18.3 Å². The van der Waals surface area contributed by atoms with Gasteiger partial charge in [0.25, 0.3) is 0 Å². The van der Waals surface area contributed by atoms with Crippen LogP contribution in [0.15, 0.2) is 88.1 Å². The van der Waals surface area contributed by atoms with Crippen LogP contribution in [0.4, 0.5) is 0 Å². The van der Waals surface area contributed by atoms with E-state index < -0.39 is 11.7 Å². The van der Waals surface area contributed by atoms with Gasteiger partial charge in [-0.25, -0.2) is 14.8 Å². The Bertz CT molecular complexity index is 1670. The second kappa shape index (κ2) is 9.57. The normalized spacial score (nSPS) is 12.1. The minimum atomic E-state index is -1.32. The number of nitriles is 2. The van der Waals surface area contributed by atoms with Gasteiger partial charge in [-0.1, -0.05) is 54.6 Å². The van der Waals surface area contributed by atoms with E-state index in [0.717, 1.165) is 11.6 Å². The van der Waals surface area contributed by atoms with Gasteiger partial charge in [0.2, 0.25) is 0 Å². The van der Waals surface area contributed by atoms with Crippen molar-refractivity contribution in [3.8, 4) is 23.6 Å². The molecule has 0 saturated heterocycles. The number of rotatable bonds is 5. The number of fused-ring (bicyclic) bond motifs is 2. The molecule has 4 aromatic carbocycles. The topological polar surface area (TPSA) is 150 Å². The summed E-state index contributed by atoms with van der Waals surface area (Å²) in [7, 11) is 0. The van der Waals surface area contributed by atoms with Crippen molar-refractivity contribution >= 4 is 39.9 Å². The van der Waals surface area contributed by atoms with E-state index in [0.29, 0.717) is 21.7 Å². The molecule has 0 heterocycles. The van der Waals surface area contributed by atoms with E-state index in [-0.39, 0.29) is 28.3 Å². The van der Waals surface area contributed by atoms with Crippen molar-refractivity contribution < 1.29 is 20.1 Å². The van der Waals surface area contributed by atoms with Gasteiger partial charge >= 0.3 is 5.97 Å². The van der Waals surface area contributed by atoms with Crippen LogP contribution in [0.1, 0.15) is 21.5 Å². The van der Waals surface area contributed by atoms with Crippen molar-refractivity contribution in [1.29, 1.82) is 10.5 Å². The highest BCUT2D eigenvalue weighted by atomic mass is 16.4. The SMILES string of the molecule is N#CC(/N=C/c1c(O)ccc2ccccc12)=C(C#N)/N=C/c1c(O)c(C(=O)O)cc2ccccc12. The van der Waals surface area contributed by atoms with Crippen LogP contribution in [0.3, 0.4) is 0 Å². The summed E-state index contributed by atoms with van der Waals surface area (Å²) < 4.78 is 0. The largest absolute Gasteiger partial charge is 0.507 e. The molecule has 4 rings (SSSR count). The van der Waals surface area contributed by atoms with E-state index in [9.17, 15) is 30.6 Å². The van der Waals surface area contributed by atoms with Gasteiger partial charge < -0.3 is 15.3 Å². The number of benzene rings is 4. The van der Waals surface area contributed by atoms with Crippen molar-refractivity contribution in [3.63, 3.8) is 0 Å². The zero-order valence-electron chi connectivity index (χ0n) is 18.0. The molecule has 3 N–H and O–H groups in total. The van der Waals surface area contributed by atoms with Gasteiger partial charge in [0.15, 0.2) is 11.4 Å². The summed E-state index contributed by atoms with van der Waals surface area (Å²) in [4.78, 5) is 19.7. The van der Waals surface area contributed by atoms with E-state index >= 15 is 0 Å². The Hall–Kier alpha value is -5.47. The third-order valence-electron chi connectivity index (χ3n) is 5.32. The quantitative estimate of drug-likeness (QED) is 0.285. The molecule has 0 bridgehead atoms. The first-order valence-corrected chi connectivity index (χ1v) is 10.3. The zero-order chi connectivity index (χ0) is 24.9. The lowest BCUT2D eigenvalue weighted by atomic mass is 10.00. The first-order chi connectivity index (χ1) is 16.9. The summed E-state index contributed by atoms with van der Waals surface area (Å²) in [5.74, 6) is -1.88. The predicted octanol–water partition coefficient (Wildman–Crippen LogP) is 4.90. The third kappa shape index (κ3) is 4.40. The number of phenols is 2. The third-order valence-corrected chi connectivity index (χ3v) is 5.32. The molecule has 0 unspecified atom stereocenters. The average Bonchev–Trinajstić information content (AvgIpc) is 2.87. The van der Waals surface area contributed by atoms with Gasteiger partial charge in [0.05, 0.1) is 0 Å². The highest BCUT2D eigenvalue weighted by Crippen LogP contribution is 2.31. The molecule has 0 amide bonds. The fraction of sp³-hybridized carbons (Fsp3) is 0. The van der Waals surface area contributed by atoms with Gasteiger partial charge in [-0.15, -0.1) is 0 Å². The molecule has 35 heavy (non-hydrogen) atoms. The first-order valence-electron chi connectivity index (χ1n) is 10.3. The summed E-state index contributed by atoms with van der Waals surface area (Å²) in [5.41, 5.74) is -0.546. The number of carboxylic acid groups (broad SMARTS) is 1. The molecule has 0 aliphatic rings. The summed E-state index contributed by atoms with van der Waals surface area (Å²) in [6.45, 7) is 0. The minimum absolute atomic E-state index is 0.0476. The number of allylic oxidation sites excluding steroid dienone is 2. The summed E-state index contributed by atoms with van der Waals surface area (Å²) in [6, 6.07) is 22.3. The van der Waals surface area contributed by atoms with Crippen molar-refractivity contribution in [2.45, 2.75) is 0 Å². The number of aromatic carboxylic acids is 1. The number of phenolic OH excluding ortho intramolecular Hbond substituents is 1. The number of nitrogens with zero attached hydrogens (tertiary/aromatic N) is 4. The summed E-state index contributed by atoms with van der Waals surface area (Å²) in [5, 5.41) is 52.1. The lowest BCUT2D eigenvalue weighted by Gasteiger charge is -2.08. The lowest BCUT2D eigenvalue weighted by molar-refractivity contribution is 0.0694. The number of aromatic hydroxyl groups is 2. The molecule has 8 nitrogen and oxygen atoms in total. The smallest absolute Gasteiger partial charge is 0.339 e. The molecule has 0 radical (unpaired) electrons. The molecule has 168 valence electrons. The van der Waals surface area contributed by atoms with Crippen LogP contribution in [0.2, 0.25) is 0 Å². The molecule has 0 aromatic heterocycles. The standard InChI is InChI=1S/C27H16N4O4/c28-12-23(30-14-21-18-7-3-1-5-16(18)9-10-25(21)32)24(13-29)31-15-22-19-8-4-2-6-17(19)11-20(26(22)33)27(34)35/h1-11,14-15,32-33H,(H,34,35)/b24-23-,30-14+,31-15+. The van der Waals surface area contributed by atoms with Gasteiger partial charge in [-0.2, -0.15) is 10.5 Å². The van der Waals surface area contributed by atoms with Crippen LogP contribution in [-0.2, 0) is 0 Å². The van der Waals surface area contributed by atoms with E-state index in [1.807, 2.05) is 18.2 Å². The monoisotopic (exact) mass is 460 g/mol. The van der Waals surface area contributed by atoms with Crippen LogP contribution in [-0.4, -0.2) is 33.7 Å². The zero-order valence-corrected chi connectivity index (χ0v) is 18.0. The predicted molar refractivity (Wildman–Crippen MR) is 132 cm³/mol. The maximum Gasteiger partial charge on any atom is 0.339 e. The van der Waals surface area contributed by atoms with Crippen molar-refractivity contribution in [2.24, 2.45) is 9.98 Å². The second-order valence-electron chi connectivity index (χ2n) is 7.37. The van der Waals surface area contributed by atoms with E-state index in [4.69, 9.17) is 0 Å².